The topological polar surface area (TPSA) is 80.3 Å². The van der Waals surface area contributed by atoms with Crippen molar-refractivity contribution in [1.82, 2.24) is 0 Å². The van der Waals surface area contributed by atoms with E-state index in [0.29, 0.717) is 38.7 Å². The van der Waals surface area contributed by atoms with Crippen molar-refractivity contribution in [1.29, 1.82) is 10.5 Å². The molecule has 6 heteroatoms. The molecule has 0 fully saturated rings. The summed E-state index contributed by atoms with van der Waals surface area (Å²) < 4.78 is 13.3. The van der Waals surface area contributed by atoms with Gasteiger partial charge in [0.2, 0.25) is 0 Å². The summed E-state index contributed by atoms with van der Waals surface area (Å²) in [4.78, 5) is 4.62. The molecule has 0 unspecified atom stereocenters. The Kier molecular flexibility index (Phi) is 8.84. The van der Waals surface area contributed by atoms with Crippen LogP contribution in [-0.2, 0) is 0 Å². The molecule has 0 N–H and O–H groups in total. The molecule has 0 aliphatic rings. The van der Waals surface area contributed by atoms with Crippen molar-refractivity contribution in [3.63, 3.8) is 0 Å². The normalized spacial score (nSPS) is 11.6. The summed E-state index contributed by atoms with van der Waals surface area (Å²) in [6.07, 6.45) is 0. The molecule has 306 valence electrons. The number of para-hydroxylation sites is 2. The Balaban J connectivity index is 1.08. The molecule has 11 rings (SSSR count). The number of anilines is 6. The number of nitrogens with zero attached hydrogens (tertiary/aromatic N) is 4. The number of nitriles is 2. The van der Waals surface area contributed by atoms with Crippen molar-refractivity contribution < 1.29 is 8.83 Å². The summed E-state index contributed by atoms with van der Waals surface area (Å²) in [5.74, 6) is 0. The highest BCUT2D eigenvalue weighted by molar-refractivity contribution is 6.24. The highest BCUT2D eigenvalue weighted by Gasteiger charge is 2.27. The van der Waals surface area contributed by atoms with Crippen LogP contribution in [0.15, 0.2) is 154 Å². The van der Waals surface area contributed by atoms with Gasteiger partial charge in [0, 0.05) is 44.3 Å². The average Bonchev–Trinajstić information content (AvgIpc) is 3.84. The van der Waals surface area contributed by atoms with Gasteiger partial charge in [0.15, 0.2) is 11.2 Å². The molecule has 11 aromatic rings. The van der Waals surface area contributed by atoms with Gasteiger partial charge in [-0.1, -0.05) is 83.9 Å². The predicted molar refractivity (Wildman–Crippen MR) is 263 cm³/mol. The van der Waals surface area contributed by atoms with Crippen molar-refractivity contribution in [2.24, 2.45) is 0 Å². The lowest BCUT2D eigenvalue weighted by atomic mass is 9.96. The van der Waals surface area contributed by atoms with E-state index in [1.165, 1.54) is 33.4 Å². The van der Waals surface area contributed by atoms with E-state index in [9.17, 15) is 10.5 Å². The number of aryl methyl sites for hydroxylation is 6. The molecule has 0 aliphatic carbocycles. The smallest absolute Gasteiger partial charge is 0.158 e. The molecule has 64 heavy (non-hydrogen) atoms. The summed E-state index contributed by atoms with van der Waals surface area (Å²) >= 11 is 0. The van der Waals surface area contributed by atoms with E-state index in [-0.39, 0.29) is 5.56 Å². The summed E-state index contributed by atoms with van der Waals surface area (Å²) in [5.41, 5.74) is 16.1. The first-order valence-corrected chi connectivity index (χ1v) is 21.5. The quantitative estimate of drug-likeness (QED) is 0.166. The predicted octanol–water partition coefficient (Wildman–Crippen LogP) is 16.3. The van der Waals surface area contributed by atoms with Crippen LogP contribution in [0.25, 0.3) is 65.4 Å². The number of hydrogen-bond donors (Lipinski definition) is 0. The van der Waals surface area contributed by atoms with Crippen molar-refractivity contribution in [3.8, 4) is 12.1 Å². The first-order chi connectivity index (χ1) is 31.1. The number of hydrogen-bond acceptors (Lipinski definition) is 6. The van der Waals surface area contributed by atoms with Crippen LogP contribution in [0.5, 0.6) is 0 Å². The second kappa shape index (κ2) is 14.7. The molecule has 0 saturated carbocycles. The van der Waals surface area contributed by atoms with Gasteiger partial charge in [0.05, 0.1) is 16.9 Å². The molecule has 2 heterocycles. The lowest BCUT2D eigenvalue weighted by Crippen LogP contribution is -2.12. The number of fused-ring (bicyclic) bond motifs is 8. The Morgan fingerprint density at radius 3 is 1.14 bits per heavy atom. The molecule has 2 aromatic heterocycles. The number of benzene rings is 9. The lowest BCUT2D eigenvalue weighted by molar-refractivity contribution is 0.654. The molecule has 0 spiro atoms. The van der Waals surface area contributed by atoms with E-state index < -0.39 is 0 Å². The molecule has 0 aliphatic heterocycles. The van der Waals surface area contributed by atoms with E-state index >= 15 is 0 Å². The Hall–Kier alpha value is -8.32. The third-order valence-electron chi connectivity index (χ3n) is 12.9. The average molecular weight is 827 g/mol. The van der Waals surface area contributed by atoms with Gasteiger partial charge in [-0.25, -0.2) is 0 Å². The fourth-order valence-corrected chi connectivity index (χ4v) is 9.74. The van der Waals surface area contributed by atoms with Crippen molar-refractivity contribution in [3.05, 3.63) is 190 Å². The summed E-state index contributed by atoms with van der Waals surface area (Å²) in [7, 11) is 0. The van der Waals surface area contributed by atoms with Crippen molar-refractivity contribution in [2.75, 3.05) is 9.80 Å². The highest BCUT2D eigenvalue weighted by atomic mass is 16.3. The van der Waals surface area contributed by atoms with E-state index in [2.05, 4.69) is 197 Å². The van der Waals surface area contributed by atoms with Gasteiger partial charge in [-0.15, -0.1) is 0 Å². The SMILES string of the molecule is Cc1ccc(N(c2ccc3cc4c(cc3c2)oc2c(C#N)c3oc5cc6cc(N(c7ccc(C)cc7)c7c(C)cccc7C)ccc6cc5c3c(C#N)c24)c2c(C)cccc2C)cc1. The first kappa shape index (κ1) is 38.6. The minimum Gasteiger partial charge on any atom is -0.454 e. The third kappa shape index (κ3) is 5.99. The highest BCUT2D eigenvalue weighted by Crippen LogP contribution is 2.47. The fraction of sp³-hybridized carbons (Fsp3) is 0.103. The maximum absolute atomic E-state index is 11.0. The lowest BCUT2D eigenvalue weighted by Gasteiger charge is -2.29. The van der Waals surface area contributed by atoms with E-state index in [1.807, 2.05) is 12.1 Å². The van der Waals surface area contributed by atoms with E-state index in [4.69, 9.17) is 8.83 Å². The first-order valence-electron chi connectivity index (χ1n) is 21.5. The summed E-state index contributed by atoms with van der Waals surface area (Å²) in [6.45, 7) is 12.8. The summed E-state index contributed by atoms with van der Waals surface area (Å²) in [6, 6.07) is 56.0. The molecule has 0 radical (unpaired) electrons. The van der Waals surface area contributed by atoms with Gasteiger partial charge in [-0.2, -0.15) is 10.5 Å². The van der Waals surface area contributed by atoms with Gasteiger partial charge >= 0.3 is 0 Å². The number of furan rings is 2. The standard InChI is InChI=1S/C58H42N4O2/c1-33-13-19-43(20-14-33)61(55-35(3)9-7-10-36(55)4)45-23-17-39-27-47-51(29-41(39)25-45)63-57-50(32-60)58-54(49(31-59)53(47)57)48-28-40-18-24-46(26-42(40)30-52(48)64-58)62(44-21-15-34(2)16-22-44)56-37(5)11-8-12-38(56)6/h7-30H,1-6H3. The number of rotatable bonds is 6. The molecular weight excluding hydrogens is 785 g/mol. The van der Waals surface area contributed by atoms with Crippen LogP contribution in [0.1, 0.15) is 44.5 Å². The van der Waals surface area contributed by atoms with Gasteiger partial charge in [-0.05, 0) is 158 Å². The molecule has 6 nitrogen and oxygen atoms in total. The molecular formula is C58H42N4O2. The van der Waals surface area contributed by atoms with Gasteiger partial charge in [0.1, 0.15) is 28.9 Å². The zero-order chi connectivity index (χ0) is 44.0. The Bertz CT molecular complexity index is 3540. The van der Waals surface area contributed by atoms with Crippen LogP contribution in [0.2, 0.25) is 0 Å². The van der Waals surface area contributed by atoms with Crippen LogP contribution in [0.4, 0.5) is 34.1 Å². The maximum atomic E-state index is 11.0. The Morgan fingerprint density at radius 1 is 0.391 bits per heavy atom. The zero-order valence-electron chi connectivity index (χ0n) is 36.5. The van der Waals surface area contributed by atoms with Crippen LogP contribution in [0, 0.1) is 64.2 Å². The monoisotopic (exact) mass is 826 g/mol. The minimum atomic E-state index is 0.270. The largest absolute Gasteiger partial charge is 0.454 e. The van der Waals surface area contributed by atoms with Crippen molar-refractivity contribution >= 4 is 99.5 Å². The van der Waals surface area contributed by atoms with E-state index in [0.717, 1.165) is 66.4 Å². The van der Waals surface area contributed by atoms with E-state index in [1.54, 1.807) is 0 Å². The second-order valence-electron chi connectivity index (χ2n) is 17.2. The van der Waals surface area contributed by atoms with Crippen LogP contribution in [0.3, 0.4) is 0 Å². The molecule has 0 bridgehead atoms. The molecule has 0 amide bonds. The Morgan fingerprint density at radius 2 is 0.766 bits per heavy atom. The summed E-state index contributed by atoms with van der Waals surface area (Å²) in [5, 5.41) is 28.5. The van der Waals surface area contributed by atoms with Gasteiger partial charge in [-0.3, -0.25) is 0 Å². The second-order valence-corrected chi connectivity index (χ2v) is 17.2. The minimum absolute atomic E-state index is 0.270. The molecule has 0 atom stereocenters. The molecule has 0 saturated heterocycles. The van der Waals surface area contributed by atoms with Crippen LogP contribution < -0.4 is 9.80 Å². The maximum Gasteiger partial charge on any atom is 0.158 e. The fourth-order valence-electron chi connectivity index (χ4n) is 9.74. The molecule has 9 aromatic carbocycles. The van der Waals surface area contributed by atoms with Crippen LogP contribution >= 0.6 is 0 Å². The zero-order valence-corrected chi connectivity index (χ0v) is 36.5. The third-order valence-corrected chi connectivity index (χ3v) is 12.9. The van der Waals surface area contributed by atoms with Gasteiger partial charge in [0.25, 0.3) is 0 Å². The van der Waals surface area contributed by atoms with Gasteiger partial charge < -0.3 is 18.6 Å². The Labute approximate surface area is 371 Å². The van der Waals surface area contributed by atoms with Crippen LogP contribution in [-0.4, -0.2) is 0 Å². The van der Waals surface area contributed by atoms with Crippen molar-refractivity contribution in [2.45, 2.75) is 41.5 Å².